The third-order valence-corrected chi connectivity index (χ3v) is 5.59. The standard InChI is InChI=1S/C24H28ClN3O2/c1-4-15-28(22(29)14-11-18-9-7-6-8-10-18)17(3)23-26-21-13-12-19(25)16-20(21)24(30)27(23)5-2/h6-10,12-13,16-17H,4-5,11,14-15H2,1-3H3. The lowest BCUT2D eigenvalue weighted by atomic mass is 10.1. The van der Waals surface area contributed by atoms with Gasteiger partial charge in [-0.2, -0.15) is 0 Å². The molecule has 6 heteroatoms. The average Bonchev–Trinajstić information content (AvgIpc) is 2.76. The highest BCUT2D eigenvalue weighted by molar-refractivity contribution is 6.31. The van der Waals surface area contributed by atoms with Crippen LogP contribution in [0.2, 0.25) is 5.02 Å². The minimum absolute atomic E-state index is 0.0707. The van der Waals surface area contributed by atoms with Crippen LogP contribution < -0.4 is 5.56 Å². The number of hydrogen-bond donors (Lipinski definition) is 0. The van der Waals surface area contributed by atoms with Crippen LogP contribution in [0, 0.1) is 0 Å². The van der Waals surface area contributed by atoms with Gasteiger partial charge in [0.15, 0.2) is 0 Å². The van der Waals surface area contributed by atoms with Crippen molar-refractivity contribution in [3.8, 4) is 0 Å². The van der Waals surface area contributed by atoms with E-state index in [1.165, 1.54) is 0 Å². The Labute approximate surface area is 182 Å². The zero-order valence-corrected chi connectivity index (χ0v) is 18.5. The second-order valence-electron chi connectivity index (χ2n) is 7.43. The van der Waals surface area contributed by atoms with Gasteiger partial charge < -0.3 is 4.90 Å². The number of fused-ring (bicyclic) bond motifs is 1. The normalized spacial score (nSPS) is 12.1. The molecule has 1 amide bonds. The smallest absolute Gasteiger partial charge is 0.261 e. The number of hydrogen-bond acceptors (Lipinski definition) is 3. The van der Waals surface area contributed by atoms with Crippen LogP contribution in [-0.4, -0.2) is 26.9 Å². The van der Waals surface area contributed by atoms with Crippen molar-refractivity contribution in [1.82, 2.24) is 14.5 Å². The van der Waals surface area contributed by atoms with Crippen molar-refractivity contribution < 1.29 is 4.79 Å². The van der Waals surface area contributed by atoms with E-state index < -0.39 is 0 Å². The van der Waals surface area contributed by atoms with Gasteiger partial charge >= 0.3 is 0 Å². The molecule has 5 nitrogen and oxygen atoms in total. The molecule has 3 rings (SSSR count). The van der Waals surface area contributed by atoms with E-state index in [0.29, 0.717) is 47.7 Å². The molecule has 0 fully saturated rings. The van der Waals surface area contributed by atoms with Crippen molar-refractivity contribution in [1.29, 1.82) is 0 Å². The highest BCUT2D eigenvalue weighted by atomic mass is 35.5. The van der Waals surface area contributed by atoms with Crippen LogP contribution >= 0.6 is 11.6 Å². The van der Waals surface area contributed by atoms with E-state index in [0.717, 1.165) is 12.0 Å². The zero-order chi connectivity index (χ0) is 21.7. The van der Waals surface area contributed by atoms with Gasteiger partial charge in [0, 0.05) is 24.5 Å². The maximum absolute atomic E-state index is 13.1. The van der Waals surface area contributed by atoms with Crippen molar-refractivity contribution in [3.05, 3.63) is 75.3 Å². The van der Waals surface area contributed by atoms with E-state index in [9.17, 15) is 9.59 Å². The topological polar surface area (TPSA) is 55.2 Å². The fourth-order valence-electron chi connectivity index (χ4n) is 3.79. The van der Waals surface area contributed by atoms with Gasteiger partial charge in [0.25, 0.3) is 5.56 Å². The molecule has 158 valence electrons. The van der Waals surface area contributed by atoms with Crippen molar-refractivity contribution in [2.75, 3.05) is 6.54 Å². The van der Waals surface area contributed by atoms with Crippen LogP contribution in [0.3, 0.4) is 0 Å². The van der Waals surface area contributed by atoms with Gasteiger partial charge in [-0.15, -0.1) is 0 Å². The molecule has 0 N–H and O–H groups in total. The predicted octanol–water partition coefficient (Wildman–Crippen LogP) is 5.00. The molecule has 0 aliphatic carbocycles. The number of carbonyl (C=O) groups is 1. The molecule has 0 aliphatic rings. The molecule has 1 heterocycles. The Kier molecular flexibility index (Phi) is 7.27. The number of benzene rings is 2. The predicted molar refractivity (Wildman–Crippen MR) is 122 cm³/mol. The van der Waals surface area contributed by atoms with Crippen LogP contribution in [0.4, 0.5) is 0 Å². The largest absolute Gasteiger partial charge is 0.333 e. The van der Waals surface area contributed by atoms with Crippen LogP contribution in [0.1, 0.15) is 51.0 Å². The Bertz CT molecular complexity index is 1080. The molecule has 0 spiro atoms. The molecule has 2 aromatic carbocycles. The number of aromatic nitrogens is 2. The van der Waals surface area contributed by atoms with E-state index in [2.05, 4.69) is 0 Å². The molecule has 0 saturated heterocycles. The average molecular weight is 426 g/mol. The van der Waals surface area contributed by atoms with Gasteiger partial charge in [-0.3, -0.25) is 14.2 Å². The lowest BCUT2D eigenvalue weighted by molar-refractivity contribution is -0.133. The first kappa shape index (κ1) is 22.0. The number of amides is 1. The van der Waals surface area contributed by atoms with E-state index >= 15 is 0 Å². The summed E-state index contributed by atoms with van der Waals surface area (Å²) in [5, 5.41) is 1.01. The summed E-state index contributed by atoms with van der Waals surface area (Å²) in [4.78, 5) is 32.8. The van der Waals surface area contributed by atoms with Gasteiger partial charge in [0.05, 0.1) is 16.9 Å². The molecule has 1 unspecified atom stereocenters. The summed E-state index contributed by atoms with van der Waals surface area (Å²) < 4.78 is 1.65. The summed E-state index contributed by atoms with van der Waals surface area (Å²) in [7, 11) is 0. The van der Waals surface area contributed by atoms with Crippen LogP contribution in [-0.2, 0) is 17.8 Å². The van der Waals surface area contributed by atoms with Crippen molar-refractivity contribution in [2.45, 2.75) is 52.6 Å². The second kappa shape index (κ2) is 9.90. The second-order valence-corrected chi connectivity index (χ2v) is 7.87. The minimum Gasteiger partial charge on any atom is -0.333 e. The molecule has 0 saturated carbocycles. The number of rotatable bonds is 8. The van der Waals surface area contributed by atoms with Gasteiger partial charge in [0.1, 0.15) is 5.82 Å². The summed E-state index contributed by atoms with van der Waals surface area (Å²) in [6, 6.07) is 14.8. The quantitative estimate of drug-likeness (QED) is 0.510. The number of nitrogens with zero attached hydrogens (tertiary/aromatic N) is 3. The first-order valence-corrected chi connectivity index (χ1v) is 10.9. The summed E-state index contributed by atoms with van der Waals surface area (Å²) in [5.74, 6) is 0.681. The summed E-state index contributed by atoms with van der Waals surface area (Å²) in [5.41, 5.74) is 1.62. The van der Waals surface area contributed by atoms with Crippen molar-refractivity contribution in [3.63, 3.8) is 0 Å². The van der Waals surface area contributed by atoms with Crippen LogP contribution in [0.5, 0.6) is 0 Å². The van der Waals surface area contributed by atoms with E-state index in [-0.39, 0.29) is 17.5 Å². The number of aryl methyl sites for hydroxylation is 1. The lowest BCUT2D eigenvalue weighted by Crippen LogP contribution is -2.38. The van der Waals surface area contributed by atoms with Crippen molar-refractivity contribution in [2.24, 2.45) is 0 Å². The Balaban J connectivity index is 1.93. The fraction of sp³-hybridized carbons (Fsp3) is 0.375. The Morgan fingerprint density at radius 3 is 2.57 bits per heavy atom. The van der Waals surface area contributed by atoms with Gasteiger partial charge in [-0.25, -0.2) is 4.98 Å². The number of carbonyl (C=O) groups excluding carboxylic acids is 1. The Hall–Kier alpha value is -2.66. The molecule has 1 aromatic heterocycles. The van der Waals surface area contributed by atoms with Crippen molar-refractivity contribution >= 4 is 28.4 Å². The first-order chi connectivity index (χ1) is 14.5. The molecule has 1 atom stereocenters. The van der Waals surface area contributed by atoms with Crippen LogP contribution in [0.15, 0.2) is 53.3 Å². The lowest BCUT2D eigenvalue weighted by Gasteiger charge is -2.30. The minimum atomic E-state index is -0.305. The highest BCUT2D eigenvalue weighted by Gasteiger charge is 2.25. The fourth-order valence-corrected chi connectivity index (χ4v) is 3.96. The summed E-state index contributed by atoms with van der Waals surface area (Å²) in [6.07, 6.45) is 1.95. The molecular weight excluding hydrogens is 398 g/mol. The summed E-state index contributed by atoms with van der Waals surface area (Å²) >= 11 is 6.08. The molecule has 0 radical (unpaired) electrons. The maximum atomic E-state index is 13.1. The third-order valence-electron chi connectivity index (χ3n) is 5.36. The molecule has 30 heavy (non-hydrogen) atoms. The summed E-state index contributed by atoms with van der Waals surface area (Å²) in [6.45, 7) is 7.01. The van der Waals surface area contributed by atoms with E-state index in [4.69, 9.17) is 16.6 Å². The van der Waals surface area contributed by atoms with Gasteiger partial charge in [-0.05, 0) is 50.5 Å². The van der Waals surface area contributed by atoms with E-state index in [1.807, 2.05) is 56.0 Å². The SMILES string of the molecule is CCCN(C(=O)CCc1ccccc1)C(C)c1nc2ccc(Cl)cc2c(=O)n1CC. The highest BCUT2D eigenvalue weighted by Crippen LogP contribution is 2.23. The Morgan fingerprint density at radius 2 is 1.90 bits per heavy atom. The molecule has 0 bridgehead atoms. The monoisotopic (exact) mass is 425 g/mol. The van der Waals surface area contributed by atoms with Crippen LogP contribution in [0.25, 0.3) is 10.9 Å². The van der Waals surface area contributed by atoms with Gasteiger partial charge in [-0.1, -0.05) is 48.9 Å². The van der Waals surface area contributed by atoms with Gasteiger partial charge in [0.2, 0.25) is 5.91 Å². The van der Waals surface area contributed by atoms with E-state index in [1.54, 1.807) is 22.8 Å². The maximum Gasteiger partial charge on any atom is 0.261 e. The Morgan fingerprint density at radius 1 is 1.17 bits per heavy atom. The first-order valence-electron chi connectivity index (χ1n) is 10.5. The number of halogens is 1. The zero-order valence-electron chi connectivity index (χ0n) is 17.8. The molecule has 3 aromatic rings. The molecular formula is C24H28ClN3O2. The third kappa shape index (κ3) is 4.73. The molecule has 0 aliphatic heterocycles.